The molecule has 2 aromatic rings. The van der Waals surface area contributed by atoms with Crippen molar-refractivity contribution in [3.63, 3.8) is 0 Å². The maximum atomic E-state index is 6.20. The van der Waals surface area contributed by atoms with Crippen LogP contribution in [0, 0.1) is 0 Å². The fourth-order valence-electron chi connectivity index (χ4n) is 1.95. The lowest BCUT2D eigenvalue weighted by Crippen LogP contribution is -2.04. The summed E-state index contributed by atoms with van der Waals surface area (Å²) in [5.74, 6) is 2.61. The van der Waals surface area contributed by atoms with Crippen molar-refractivity contribution in [2.75, 3.05) is 6.79 Å². The van der Waals surface area contributed by atoms with E-state index in [1.165, 1.54) is 0 Å². The molecule has 0 fully saturated rings. The van der Waals surface area contributed by atoms with Gasteiger partial charge in [0, 0.05) is 12.1 Å². The molecule has 2 N–H and O–H groups in total. The first-order valence-corrected chi connectivity index (χ1v) is 6.64. The zero-order valence-electron chi connectivity index (χ0n) is 10.9. The summed E-state index contributed by atoms with van der Waals surface area (Å²) >= 11 is 6.20. The minimum absolute atomic E-state index is 0.0629. The number of halogens is 1. The third kappa shape index (κ3) is 2.53. The zero-order valence-corrected chi connectivity index (χ0v) is 11.7. The summed E-state index contributed by atoms with van der Waals surface area (Å²) in [6.07, 6.45) is 0. The predicted molar refractivity (Wildman–Crippen MR) is 76.7 cm³/mol. The van der Waals surface area contributed by atoms with E-state index in [1.54, 1.807) is 6.07 Å². The van der Waals surface area contributed by atoms with Crippen LogP contribution in [-0.4, -0.2) is 6.79 Å². The van der Waals surface area contributed by atoms with Gasteiger partial charge < -0.3 is 19.9 Å². The van der Waals surface area contributed by atoms with Gasteiger partial charge in [0.15, 0.2) is 11.5 Å². The first kappa shape index (κ1) is 13.1. The Labute approximate surface area is 122 Å². The monoisotopic (exact) mass is 291 g/mol. The van der Waals surface area contributed by atoms with Gasteiger partial charge >= 0.3 is 0 Å². The van der Waals surface area contributed by atoms with Crippen LogP contribution in [0.4, 0.5) is 0 Å². The van der Waals surface area contributed by atoms with Crippen molar-refractivity contribution in [3.05, 3.63) is 47.0 Å². The molecule has 1 heterocycles. The molecular formula is C15H14ClNO3. The van der Waals surface area contributed by atoms with Gasteiger partial charge in [0.2, 0.25) is 6.79 Å². The zero-order chi connectivity index (χ0) is 14.1. The molecule has 0 saturated heterocycles. The summed E-state index contributed by atoms with van der Waals surface area (Å²) in [5, 5.41) is 0.525. The van der Waals surface area contributed by atoms with Crippen LogP contribution in [0.15, 0.2) is 36.4 Å². The number of ether oxygens (including phenoxy) is 3. The van der Waals surface area contributed by atoms with Crippen LogP contribution in [0.25, 0.3) is 0 Å². The highest BCUT2D eigenvalue weighted by molar-refractivity contribution is 6.32. The van der Waals surface area contributed by atoms with E-state index in [9.17, 15) is 0 Å². The molecule has 0 bridgehead atoms. The van der Waals surface area contributed by atoms with Gasteiger partial charge in [-0.05, 0) is 36.8 Å². The Hall–Kier alpha value is -1.91. The minimum atomic E-state index is -0.0629. The van der Waals surface area contributed by atoms with E-state index in [0.717, 1.165) is 11.3 Å². The lowest BCUT2D eigenvalue weighted by Gasteiger charge is -2.11. The van der Waals surface area contributed by atoms with Gasteiger partial charge in [-0.2, -0.15) is 0 Å². The summed E-state index contributed by atoms with van der Waals surface area (Å²) in [6, 6.07) is 10.9. The maximum Gasteiger partial charge on any atom is 0.231 e. The average Bonchev–Trinajstić information content (AvgIpc) is 2.88. The van der Waals surface area contributed by atoms with E-state index in [1.807, 2.05) is 37.3 Å². The van der Waals surface area contributed by atoms with Crippen LogP contribution >= 0.6 is 11.6 Å². The van der Waals surface area contributed by atoms with E-state index in [-0.39, 0.29) is 12.8 Å². The summed E-state index contributed by atoms with van der Waals surface area (Å²) in [7, 11) is 0. The van der Waals surface area contributed by atoms with Gasteiger partial charge in [0.1, 0.15) is 11.5 Å². The number of fused-ring (bicyclic) bond motifs is 1. The topological polar surface area (TPSA) is 53.7 Å². The van der Waals surface area contributed by atoms with Crippen molar-refractivity contribution in [1.29, 1.82) is 0 Å². The SMILES string of the molecule is C[C@H](N)c1ccc(Oc2ccc3c(c2)OCO3)c(Cl)c1. The fraction of sp³-hybridized carbons (Fsp3) is 0.200. The standard InChI is InChI=1S/C15H14ClNO3/c1-9(17)10-2-4-13(12(16)6-10)20-11-3-5-14-15(7-11)19-8-18-14/h2-7,9H,8,17H2,1H3/t9-/m0/s1. The molecule has 0 aliphatic carbocycles. The fourth-order valence-corrected chi connectivity index (χ4v) is 2.18. The Morgan fingerprint density at radius 2 is 1.95 bits per heavy atom. The van der Waals surface area contributed by atoms with E-state index >= 15 is 0 Å². The second-order valence-electron chi connectivity index (χ2n) is 4.60. The Morgan fingerprint density at radius 1 is 1.15 bits per heavy atom. The van der Waals surface area contributed by atoms with Gasteiger partial charge in [0.25, 0.3) is 0 Å². The number of hydrogen-bond donors (Lipinski definition) is 1. The van der Waals surface area contributed by atoms with Crippen molar-refractivity contribution in [2.45, 2.75) is 13.0 Å². The lowest BCUT2D eigenvalue weighted by atomic mass is 10.1. The molecule has 0 saturated carbocycles. The highest BCUT2D eigenvalue weighted by Crippen LogP contribution is 2.38. The molecule has 2 aromatic carbocycles. The lowest BCUT2D eigenvalue weighted by molar-refractivity contribution is 0.174. The van der Waals surface area contributed by atoms with Crippen molar-refractivity contribution in [3.8, 4) is 23.0 Å². The van der Waals surface area contributed by atoms with Crippen LogP contribution in [0.2, 0.25) is 5.02 Å². The van der Waals surface area contributed by atoms with Crippen molar-refractivity contribution in [2.24, 2.45) is 5.73 Å². The molecule has 104 valence electrons. The highest BCUT2D eigenvalue weighted by atomic mass is 35.5. The van der Waals surface area contributed by atoms with E-state index in [4.69, 9.17) is 31.5 Å². The third-order valence-electron chi connectivity index (χ3n) is 3.05. The van der Waals surface area contributed by atoms with Gasteiger partial charge in [-0.3, -0.25) is 0 Å². The van der Waals surface area contributed by atoms with Crippen molar-refractivity contribution >= 4 is 11.6 Å². The molecule has 0 aromatic heterocycles. The predicted octanol–water partition coefficient (Wildman–Crippen LogP) is 3.88. The second kappa shape index (κ2) is 5.23. The number of benzene rings is 2. The molecule has 0 amide bonds. The smallest absolute Gasteiger partial charge is 0.231 e. The molecule has 0 spiro atoms. The maximum absolute atomic E-state index is 6.20. The molecule has 0 unspecified atom stereocenters. The second-order valence-corrected chi connectivity index (χ2v) is 5.00. The van der Waals surface area contributed by atoms with Crippen LogP contribution in [0.1, 0.15) is 18.5 Å². The average molecular weight is 292 g/mol. The Morgan fingerprint density at radius 3 is 2.70 bits per heavy atom. The number of nitrogens with two attached hydrogens (primary N) is 1. The molecule has 0 radical (unpaired) electrons. The van der Waals surface area contributed by atoms with E-state index in [2.05, 4.69) is 0 Å². The number of rotatable bonds is 3. The van der Waals surface area contributed by atoms with E-state index < -0.39 is 0 Å². The quantitative estimate of drug-likeness (QED) is 0.932. The van der Waals surface area contributed by atoms with Gasteiger partial charge in [0.05, 0.1) is 5.02 Å². The van der Waals surface area contributed by atoms with Crippen molar-refractivity contribution < 1.29 is 14.2 Å². The summed E-state index contributed by atoms with van der Waals surface area (Å²) in [6.45, 7) is 2.15. The molecule has 1 aliphatic heterocycles. The molecule has 1 atom stereocenters. The van der Waals surface area contributed by atoms with Gasteiger partial charge in [-0.1, -0.05) is 17.7 Å². The molecular weight excluding hydrogens is 278 g/mol. The molecule has 3 rings (SSSR count). The minimum Gasteiger partial charge on any atom is -0.456 e. The van der Waals surface area contributed by atoms with Crippen LogP contribution < -0.4 is 19.9 Å². The first-order chi connectivity index (χ1) is 9.63. The largest absolute Gasteiger partial charge is 0.456 e. The summed E-state index contributed by atoms with van der Waals surface area (Å²) < 4.78 is 16.3. The Balaban J connectivity index is 1.84. The molecule has 20 heavy (non-hydrogen) atoms. The van der Waals surface area contributed by atoms with Gasteiger partial charge in [-0.25, -0.2) is 0 Å². The van der Waals surface area contributed by atoms with Gasteiger partial charge in [-0.15, -0.1) is 0 Å². The molecule has 4 nitrogen and oxygen atoms in total. The highest BCUT2D eigenvalue weighted by Gasteiger charge is 2.14. The normalized spacial score (nSPS) is 14.2. The third-order valence-corrected chi connectivity index (χ3v) is 3.35. The molecule has 1 aliphatic rings. The Bertz CT molecular complexity index is 643. The van der Waals surface area contributed by atoms with Crippen LogP contribution in [0.5, 0.6) is 23.0 Å². The summed E-state index contributed by atoms with van der Waals surface area (Å²) in [5.41, 5.74) is 6.78. The molecule has 5 heteroatoms. The van der Waals surface area contributed by atoms with E-state index in [0.29, 0.717) is 22.3 Å². The van der Waals surface area contributed by atoms with Crippen molar-refractivity contribution in [1.82, 2.24) is 0 Å². The van der Waals surface area contributed by atoms with Crippen LogP contribution in [0.3, 0.4) is 0 Å². The Kier molecular flexibility index (Phi) is 3.42. The van der Waals surface area contributed by atoms with Crippen LogP contribution in [-0.2, 0) is 0 Å². The summed E-state index contributed by atoms with van der Waals surface area (Å²) in [4.78, 5) is 0. The first-order valence-electron chi connectivity index (χ1n) is 6.26. The number of hydrogen-bond acceptors (Lipinski definition) is 4.